The van der Waals surface area contributed by atoms with Crippen LogP contribution in [0.2, 0.25) is 0 Å². The summed E-state index contributed by atoms with van der Waals surface area (Å²) in [6.07, 6.45) is 4.37. The standard InChI is InChI=1S/C27H28ClF3N6O4.C3H8.C2H6/c1-4-21(12-18-14-33-34-16(18)2)37-25(41)35(3)24(40)26(37)7-9-36(10-8-26)22(38)15-32-23(39)17-5-6-20(28)13-19(11-17)27(29,30)31;1-3-2;1-2/h4,6,11-14,34H,2,5,7-10,15H2,1,3H3,(H,32,39);3H2,1-2H3;1-2H3/b18-12-,21-4+;;. The lowest BCUT2D eigenvalue weighted by Crippen LogP contribution is -2.57. The summed E-state index contributed by atoms with van der Waals surface area (Å²) in [5, 5.41) is 10.1. The fourth-order valence-electron chi connectivity index (χ4n) is 5.04. The summed E-state index contributed by atoms with van der Waals surface area (Å²) in [5.74, 6) is -1.69. The molecule has 1 aromatic rings. The van der Waals surface area contributed by atoms with Gasteiger partial charge in [0.1, 0.15) is 5.54 Å². The van der Waals surface area contributed by atoms with Gasteiger partial charge in [0.2, 0.25) is 11.8 Å². The molecular formula is C32H42ClF3N6O4. The van der Waals surface area contributed by atoms with E-state index in [4.69, 9.17) is 11.6 Å². The number of hydrogen-bond acceptors (Lipinski definition) is 5. The molecule has 2 N–H and O–H groups in total. The van der Waals surface area contributed by atoms with Crippen LogP contribution in [0.1, 0.15) is 60.3 Å². The summed E-state index contributed by atoms with van der Waals surface area (Å²) in [6.45, 7) is 13.6. The van der Waals surface area contributed by atoms with E-state index in [1.807, 2.05) is 13.8 Å². The number of carbonyl (C=O) groups excluding carboxylic acids is 4. The third kappa shape index (κ3) is 8.56. The maximum absolute atomic E-state index is 13.3. The van der Waals surface area contributed by atoms with E-state index in [0.717, 1.165) is 11.0 Å². The van der Waals surface area contributed by atoms with E-state index in [-0.39, 0.29) is 43.0 Å². The molecule has 2 saturated heterocycles. The van der Waals surface area contributed by atoms with Gasteiger partial charge in [-0.15, -0.1) is 0 Å². The summed E-state index contributed by atoms with van der Waals surface area (Å²) in [6, 6.07) is -0.501. The maximum Gasteiger partial charge on any atom is 0.416 e. The Bertz CT molecular complexity index is 1530. The molecule has 2 fully saturated rings. The molecule has 0 unspecified atom stereocenters. The van der Waals surface area contributed by atoms with Crippen LogP contribution < -0.4 is 15.9 Å². The topological polar surface area (TPSA) is 119 Å². The van der Waals surface area contributed by atoms with Gasteiger partial charge in [0, 0.05) is 41.7 Å². The molecule has 3 aliphatic rings. The fraction of sp³-hybridized carbons (Fsp3) is 0.469. The van der Waals surface area contributed by atoms with Crippen molar-refractivity contribution in [1.29, 1.82) is 0 Å². The van der Waals surface area contributed by atoms with Crippen LogP contribution >= 0.6 is 11.6 Å². The van der Waals surface area contributed by atoms with Crippen molar-refractivity contribution in [2.75, 3.05) is 26.7 Å². The third-order valence-corrected chi connectivity index (χ3v) is 7.58. The molecule has 0 aromatic carbocycles. The Morgan fingerprint density at radius 1 is 1.17 bits per heavy atom. The van der Waals surface area contributed by atoms with Gasteiger partial charge in [0.15, 0.2) is 0 Å². The van der Waals surface area contributed by atoms with Gasteiger partial charge in [-0.2, -0.15) is 18.3 Å². The van der Waals surface area contributed by atoms with Gasteiger partial charge < -0.3 is 10.2 Å². The van der Waals surface area contributed by atoms with Gasteiger partial charge in [-0.3, -0.25) is 29.3 Å². The monoisotopic (exact) mass is 666 g/mol. The van der Waals surface area contributed by atoms with Crippen molar-refractivity contribution in [2.45, 2.75) is 72.0 Å². The number of hydrogen-bond donors (Lipinski definition) is 2. The number of allylic oxidation sites excluding steroid dienone is 7. The Hall–Kier alpha value is -4.13. The second-order valence-corrected chi connectivity index (χ2v) is 10.9. The normalized spacial score (nSPS) is 18.6. The molecule has 5 amide bonds. The molecular weight excluding hydrogens is 625 g/mol. The van der Waals surface area contributed by atoms with Crippen molar-refractivity contribution in [3.63, 3.8) is 0 Å². The van der Waals surface area contributed by atoms with Crippen LogP contribution in [0.15, 0.2) is 52.4 Å². The first kappa shape index (κ1) is 38.1. The fourth-order valence-corrected chi connectivity index (χ4v) is 5.23. The van der Waals surface area contributed by atoms with Crippen LogP contribution in [0.4, 0.5) is 18.0 Å². The predicted molar refractivity (Wildman–Crippen MR) is 171 cm³/mol. The van der Waals surface area contributed by atoms with Gasteiger partial charge in [0.25, 0.3) is 5.91 Å². The van der Waals surface area contributed by atoms with Gasteiger partial charge >= 0.3 is 12.2 Å². The van der Waals surface area contributed by atoms with Gasteiger partial charge in [-0.25, -0.2) is 4.79 Å². The zero-order valence-corrected chi connectivity index (χ0v) is 27.8. The summed E-state index contributed by atoms with van der Waals surface area (Å²) >= 11 is 5.78. The van der Waals surface area contributed by atoms with Crippen LogP contribution in [-0.4, -0.2) is 87.0 Å². The number of nitrogens with zero attached hydrogens (tertiary/aromatic N) is 4. The molecule has 1 aliphatic carbocycles. The number of alkyl halides is 3. The number of amides is 5. The zero-order chi connectivity index (χ0) is 34.8. The minimum absolute atomic E-state index is 0.114. The SMILES string of the molecule is C=c1[nH]nc/c1=C/C(=C\C)N1C(=O)N(C)C(=O)C12CCN(C(=O)CNC(=O)C1=CC(C(F)(F)F)=CC(Cl)=CC1)CC2.CC.CCC. The van der Waals surface area contributed by atoms with E-state index in [1.54, 1.807) is 25.3 Å². The highest BCUT2D eigenvalue weighted by atomic mass is 35.5. The van der Waals surface area contributed by atoms with Crippen molar-refractivity contribution in [3.05, 3.63) is 62.9 Å². The van der Waals surface area contributed by atoms with E-state index in [0.29, 0.717) is 22.3 Å². The van der Waals surface area contributed by atoms with Gasteiger partial charge in [-0.1, -0.05) is 64.4 Å². The molecule has 10 nitrogen and oxygen atoms in total. The van der Waals surface area contributed by atoms with Crippen molar-refractivity contribution in [2.24, 2.45) is 0 Å². The van der Waals surface area contributed by atoms with E-state index >= 15 is 0 Å². The minimum atomic E-state index is -4.71. The molecule has 4 rings (SSSR count). The Morgan fingerprint density at radius 3 is 2.30 bits per heavy atom. The number of urea groups is 1. The lowest BCUT2D eigenvalue weighted by Gasteiger charge is -2.42. The number of aromatic amines is 1. The van der Waals surface area contributed by atoms with Gasteiger partial charge in [-0.05, 0) is 44.4 Å². The number of likely N-dealkylation sites (tertiary alicyclic amines) is 1. The van der Waals surface area contributed by atoms with Crippen molar-refractivity contribution in [3.8, 4) is 0 Å². The summed E-state index contributed by atoms with van der Waals surface area (Å²) < 4.78 is 39.7. The number of rotatable bonds is 5. The number of halogens is 4. The first-order valence-corrected chi connectivity index (χ1v) is 15.5. The highest BCUT2D eigenvalue weighted by Crippen LogP contribution is 2.39. The van der Waals surface area contributed by atoms with Gasteiger partial charge in [0.05, 0.1) is 23.7 Å². The quantitative estimate of drug-likeness (QED) is 0.456. The number of piperidine rings is 1. The predicted octanol–water partition coefficient (Wildman–Crippen LogP) is 4.26. The average Bonchev–Trinajstić information content (AvgIpc) is 3.40. The number of imide groups is 1. The summed E-state index contributed by atoms with van der Waals surface area (Å²) in [7, 11) is 1.40. The average molecular weight is 667 g/mol. The molecule has 2 aliphatic heterocycles. The largest absolute Gasteiger partial charge is 0.416 e. The summed E-state index contributed by atoms with van der Waals surface area (Å²) in [5.41, 5.74) is -2.01. The smallest absolute Gasteiger partial charge is 0.343 e. The lowest BCUT2D eigenvalue weighted by molar-refractivity contribution is -0.139. The van der Waals surface area contributed by atoms with E-state index in [1.165, 1.54) is 29.3 Å². The first-order chi connectivity index (χ1) is 21.7. The highest BCUT2D eigenvalue weighted by Gasteiger charge is 2.58. The second-order valence-electron chi connectivity index (χ2n) is 10.5. The maximum atomic E-state index is 13.3. The molecule has 3 heterocycles. The highest BCUT2D eigenvalue weighted by molar-refractivity contribution is 6.31. The molecule has 0 atom stereocenters. The number of nitrogens with one attached hydrogen (secondary N) is 2. The lowest BCUT2D eigenvalue weighted by atomic mass is 9.85. The van der Waals surface area contributed by atoms with Crippen LogP contribution in [-0.2, 0) is 14.4 Å². The molecule has 46 heavy (non-hydrogen) atoms. The van der Waals surface area contributed by atoms with E-state index < -0.39 is 47.6 Å². The van der Waals surface area contributed by atoms with Crippen molar-refractivity contribution < 1.29 is 32.3 Å². The molecule has 14 heteroatoms. The molecule has 252 valence electrons. The van der Waals surface area contributed by atoms with Crippen LogP contribution in [0.3, 0.4) is 0 Å². The summed E-state index contributed by atoms with van der Waals surface area (Å²) in [4.78, 5) is 56.0. The van der Waals surface area contributed by atoms with Crippen LogP contribution in [0, 0.1) is 0 Å². The Morgan fingerprint density at radius 2 is 1.78 bits per heavy atom. The van der Waals surface area contributed by atoms with Crippen molar-refractivity contribution >= 4 is 48.0 Å². The van der Waals surface area contributed by atoms with E-state index in [2.05, 4.69) is 35.9 Å². The Balaban J connectivity index is 0.00000139. The minimum Gasteiger partial charge on any atom is -0.343 e. The van der Waals surface area contributed by atoms with E-state index in [9.17, 15) is 32.3 Å². The van der Waals surface area contributed by atoms with Crippen LogP contribution in [0.25, 0.3) is 12.7 Å². The van der Waals surface area contributed by atoms with Crippen molar-refractivity contribution in [1.82, 2.24) is 30.2 Å². The first-order valence-electron chi connectivity index (χ1n) is 15.1. The third-order valence-electron chi connectivity index (χ3n) is 7.32. The number of H-pyrrole nitrogens is 1. The Kier molecular flexibility index (Phi) is 13.6. The number of likely N-dealkylation sites (N-methyl/N-ethyl adjacent to an activating group) is 1. The molecule has 0 saturated carbocycles. The Labute approximate surface area is 272 Å². The molecule has 1 spiro atoms. The zero-order valence-electron chi connectivity index (χ0n) is 27.1. The number of aromatic nitrogens is 2. The molecule has 0 radical (unpaired) electrons. The molecule has 1 aromatic heterocycles. The van der Waals surface area contributed by atoms with Crippen LogP contribution in [0.5, 0.6) is 0 Å². The second kappa shape index (κ2) is 16.4. The number of carbonyl (C=O) groups is 4. The molecule has 0 bridgehead atoms.